The van der Waals surface area contributed by atoms with Gasteiger partial charge < -0.3 is 4.90 Å². The Bertz CT molecular complexity index is 761. The zero-order valence-electron chi connectivity index (χ0n) is 13.9. The summed E-state index contributed by atoms with van der Waals surface area (Å²) in [6.07, 6.45) is 0. The van der Waals surface area contributed by atoms with E-state index in [4.69, 9.17) is 5.26 Å². The second-order valence-corrected chi connectivity index (χ2v) is 5.50. The van der Waals surface area contributed by atoms with E-state index >= 15 is 0 Å². The number of hydrogen-bond acceptors (Lipinski definition) is 4. The minimum Gasteiger partial charge on any atom is -0.378 e. The number of anilines is 1. The van der Waals surface area contributed by atoms with Crippen molar-refractivity contribution in [2.45, 2.75) is 13.8 Å². The SMILES string of the molecule is C/C(=N\N=C(/C)c1ccc(N(C)C)cc1)c1ccc(C#N)cc1. The molecule has 0 spiro atoms. The van der Waals surface area contributed by atoms with Gasteiger partial charge in [-0.15, -0.1) is 0 Å². The highest BCUT2D eigenvalue weighted by Gasteiger charge is 2.01. The molecular weight excluding hydrogens is 284 g/mol. The Morgan fingerprint density at radius 3 is 1.65 bits per heavy atom. The van der Waals surface area contributed by atoms with Crippen molar-refractivity contribution in [3.63, 3.8) is 0 Å². The predicted octanol–water partition coefficient (Wildman–Crippen LogP) is 3.86. The Morgan fingerprint density at radius 2 is 1.26 bits per heavy atom. The van der Waals surface area contributed by atoms with Crippen molar-refractivity contribution in [1.82, 2.24) is 0 Å². The van der Waals surface area contributed by atoms with Crippen molar-refractivity contribution in [2.24, 2.45) is 10.2 Å². The van der Waals surface area contributed by atoms with Gasteiger partial charge in [0.2, 0.25) is 0 Å². The molecule has 2 aromatic carbocycles. The van der Waals surface area contributed by atoms with Crippen LogP contribution in [0.25, 0.3) is 0 Å². The van der Waals surface area contributed by atoms with E-state index in [1.807, 2.05) is 52.2 Å². The van der Waals surface area contributed by atoms with Crippen LogP contribution in [0.15, 0.2) is 58.7 Å². The normalized spacial score (nSPS) is 12.0. The van der Waals surface area contributed by atoms with Gasteiger partial charge in [-0.05, 0) is 49.2 Å². The van der Waals surface area contributed by atoms with Gasteiger partial charge in [-0.1, -0.05) is 24.3 Å². The summed E-state index contributed by atoms with van der Waals surface area (Å²) < 4.78 is 0. The summed E-state index contributed by atoms with van der Waals surface area (Å²) in [7, 11) is 4.03. The molecule has 0 heterocycles. The zero-order chi connectivity index (χ0) is 16.8. The maximum atomic E-state index is 8.82. The third kappa shape index (κ3) is 4.27. The van der Waals surface area contributed by atoms with E-state index in [1.54, 1.807) is 12.1 Å². The lowest BCUT2D eigenvalue weighted by Gasteiger charge is -2.12. The molecule has 0 fully saturated rings. The molecule has 0 atom stereocenters. The smallest absolute Gasteiger partial charge is 0.0991 e. The van der Waals surface area contributed by atoms with Crippen molar-refractivity contribution >= 4 is 17.1 Å². The third-order valence-electron chi connectivity index (χ3n) is 3.58. The molecule has 0 bridgehead atoms. The first-order chi connectivity index (χ1) is 11.0. The summed E-state index contributed by atoms with van der Waals surface area (Å²) in [5, 5.41) is 17.4. The summed E-state index contributed by atoms with van der Waals surface area (Å²) in [6, 6.07) is 17.6. The van der Waals surface area contributed by atoms with Gasteiger partial charge in [0.1, 0.15) is 0 Å². The van der Waals surface area contributed by atoms with Crippen LogP contribution >= 0.6 is 0 Å². The predicted molar refractivity (Wildman–Crippen MR) is 96.3 cm³/mol. The molecule has 0 N–H and O–H groups in total. The Morgan fingerprint density at radius 1 is 0.826 bits per heavy atom. The van der Waals surface area contributed by atoms with Crippen LogP contribution in [0.4, 0.5) is 5.69 Å². The molecule has 4 nitrogen and oxygen atoms in total. The van der Waals surface area contributed by atoms with Gasteiger partial charge in [-0.2, -0.15) is 15.5 Å². The lowest BCUT2D eigenvalue weighted by Crippen LogP contribution is -2.08. The van der Waals surface area contributed by atoms with E-state index in [2.05, 4.69) is 33.3 Å². The van der Waals surface area contributed by atoms with E-state index in [0.717, 1.165) is 28.2 Å². The molecule has 0 radical (unpaired) electrons. The van der Waals surface area contributed by atoms with Gasteiger partial charge in [0, 0.05) is 19.8 Å². The first kappa shape index (κ1) is 16.4. The van der Waals surface area contributed by atoms with Crippen LogP contribution in [0, 0.1) is 11.3 Å². The van der Waals surface area contributed by atoms with E-state index in [-0.39, 0.29) is 0 Å². The van der Waals surface area contributed by atoms with Gasteiger partial charge in [-0.3, -0.25) is 0 Å². The first-order valence-corrected chi connectivity index (χ1v) is 7.38. The first-order valence-electron chi connectivity index (χ1n) is 7.38. The Kier molecular flexibility index (Phi) is 5.27. The van der Waals surface area contributed by atoms with Crippen molar-refractivity contribution < 1.29 is 0 Å². The molecule has 0 aliphatic rings. The molecule has 0 aliphatic carbocycles. The lowest BCUT2D eigenvalue weighted by atomic mass is 10.1. The quantitative estimate of drug-likeness (QED) is 0.636. The minimum absolute atomic E-state index is 0.641. The molecule has 4 heteroatoms. The van der Waals surface area contributed by atoms with E-state index in [9.17, 15) is 0 Å². The van der Waals surface area contributed by atoms with Gasteiger partial charge in [0.25, 0.3) is 0 Å². The van der Waals surface area contributed by atoms with Crippen LogP contribution in [-0.2, 0) is 0 Å². The molecule has 0 unspecified atom stereocenters. The molecule has 0 amide bonds. The molecule has 0 aliphatic heterocycles. The Balaban J connectivity index is 2.17. The number of rotatable bonds is 4. The minimum atomic E-state index is 0.641. The van der Waals surface area contributed by atoms with Gasteiger partial charge in [0.05, 0.1) is 23.1 Å². The summed E-state index contributed by atoms with van der Waals surface area (Å²) in [4.78, 5) is 2.06. The van der Waals surface area contributed by atoms with E-state index in [1.165, 1.54) is 0 Å². The second kappa shape index (κ2) is 7.37. The number of nitriles is 1. The average molecular weight is 304 g/mol. The standard InChI is InChI=1S/C19H20N4/c1-14(17-7-5-16(13-20)6-8-17)21-22-15(2)18-9-11-19(12-10-18)23(3)4/h5-12H,1-4H3/b21-14+,22-15+. The van der Waals surface area contributed by atoms with Crippen molar-refractivity contribution in [3.8, 4) is 6.07 Å². The largest absolute Gasteiger partial charge is 0.378 e. The van der Waals surface area contributed by atoms with Crippen LogP contribution in [0.5, 0.6) is 0 Å². The molecule has 0 saturated carbocycles. The fourth-order valence-corrected chi connectivity index (χ4v) is 2.05. The number of hydrogen-bond donors (Lipinski definition) is 0. The fourth-order valence-electron chi connectivity index (χ4n) is 2.05. The van der Waals surface area contributed by atoms with Gasteiger partial charge in [0.15, 0.2) is 0 Å². The molecule has 2 aromatic rings. The average Bonchev–Trinajstić information content (AvgIpc) is 2.59. The van der Waals surface area contributed by atoms with Crippen molar-refractivity contribution in [2.75, 3.05) is 19.0 Å². The van der Waals surface area contributed by atoms with Crippen LogP contribution in [-0.4, -0.2) is 25.5 Å². The van der Waals surface area contributed by atoms with Crippen LogP contribution in [0.1, 0.15) is 30.5 Å². The second-order valence-electron chi connectivity index (χ2n) is 5.50. The van der Waals surface area contributed by atoms with Gasteiger partial charge in [-0.25, -0.2) is 0 Å². The Labute approximate surface area is 137 Å². The molecule has 2 rings (SSSR count). The van der Waals surface area contributed by atoms with Crippen molar-refractivity contribution in [1.29, 1.82) is 5.26 Å². The lowest BCUT2D eigenvalue weighted by molar-refractivity contribution is 1.13. The summed E-state index contributed by atoms with van der Waals surface area (Å²) in [5.41, 5.74) is 5.48. The van der Waals surface area contributed by atoms with E-state index in [0.29, 0.717) is 5.56 Å². The maximum Gasteiger partial charge on any atom is 0.0991 e. The summed E-state index contributed by atoms with van der Waals surface area (Å²) in [5.74, 6) is 0. The molecule has 23 heavy (non-hydrogen) atoms. The molecule has 0 aromatic heterocycles. The number of nitrogens with zero attached hydrogens (tertiary/aromatic N) is 4. The fraction of sp³-hybridized carbons (Fsp3) is 0.211. The highest BCUT2D eigenvalue weighted by Crippen LogP contribution is 2.13. The van der Waals surface area contributed by atoms with Crippen LogP contribution in [0.2, 0.25) is 0 Å². The van der Waals surface area contributed by atoms with Gasteiger partial charge >= 0.3 is 0 Å². The third-order valence-corrected chi connectivity index (χ3v) is 3.58. The van der Waals surface area contributed by atoms with E-state index < -0.39 is 0 Å². The summed E-state index contributed by atoms with van der Waals surface area (Å²) in [6.45, 7) is 3.85. The highest BCUT2D eigenvalue weighted by atomic mass is 15.2. The van der Waals surface area contributed by atoms with Crippen molar-refractivity contribution in [3.05, 3.63) is 65.2 Å². The maximum absolute atomic E-state index is 8.82. The van der Waals surface area contributed by atoms with Crippen LogP contribution in [0.3, 0.4) is 0 Å². The summed E-state index contributed by atoms with van der Waals surface area (Å²) >= 11 is 0. The zero-order valence-corrected chi connectivity index (χ0v) is 13.9. The van der Waals surface area contributed by atoms with Crippen LogP contribution < -0.4 is 4.90 Å². The number of benzene rings is 2. The molecular formula is C19H20N4. The Hall–Kier alpha value is -2.93. The molecule has 0 saturated heterocycles. The highest BCUT2D eigenvalue weighted by molar-refractivity contribution is 6.01. The topological polar surface area (TPSA) is 51.8 Å². The monoisotopic (exact) mass is 304 g/mol. The molecule has 116 valence electrons.